The van der Waals surface area contributed by atoms with Crippen molar-refractivity contribution in [1.29, 1.82) is 0 Å². The van der Waals surface area contributed by atoms with Gasteiger partial charge in [0.2, 0.25) is 0 Å². The van der Waals surface area contributed by atoms with Crippen molar-refractivity contribution in [2.75, 3.05) is 6.73 Å². The van der Waals surface area contributed by atoms with E-state index in [9.17, 15) is 19.8 Å². The van der Waals surface area contributed by atoms with E-state index in [0.29, 0.717) is 10.6 Å². The molecule has 1 aromatic carbocycles. The molecule has 0 spiro atoms. The fraction of sp³-hybridized carbons (Fsp3) is 0.231. The molecule has 0 bridgehead atoms. The van der Waals surface area contributed by atoms with Crippen molar-refractivity contribution in [3.8, 4) is 0 Å². The molecule has 100 valence electrons. The third kappa shape index (κ3) is 2.22. The van der Waals surface area contributed by atoms with E-state index in [4.69, 9.17) is 11.6 Å². The minimum absolute atomic E-state index is 0.0126. The maximum absolute atomic E-state index is 11.8. The lowest BCUT2D eigenvalue weighted by molar-refractivity contribution is -0.133. The van der Waals surface area contributed by atoms with Gasteiger partial charge in [-0.2, -0.15) is 0 Å². The Morgan fingerprint density at radius 2 is 1.95 bits per heavy atom. The molecule has 1 aromatic rings. The molecule has 19 heavy (non-hydrogen) atoms. The van der Waals surface area contributed by atoms with Gasteiger partial charge in [0.15, 0.2) is 11.5 Å². The molecule has 0 fully saturated rings. The highest BCUT2D eigenvalue weighted by atomic mass is 35.5. The predicted octanol–water partition coefficient (Wildman–Crippen LogP) is 1.57. The van der Waals surface area contributed by atoms with Crippen LogP contribution in [0.5, 0.6) is 0 Å². The molecular formula is C13H12ClNO4. The van der Waals surface area contributed by atoms with Gasteiger partial charge < -0.3 is 15.1 Å². The number of benzene rings is 1. The van der Waals surface area contributed by atoms with Gasteiger partial charge in [-0.25, -0.2) is 0 Å². The SMILES string of the molecule is CC(=O)C1=C(O)C(=O)N(CO)[C@H]1c1ccc(Cl)cc1. The number of carbonyl (C=O) groups is 2. The molecule has 6 heteroatoms. The lowest BCUT2D eigenvalue weighted by atomic mass is 9.97. The van der Waals surface area contributed by atoms with Gasteiger partial charge in [-0.05, 0) is 24.6 Å². The van der Waals surface area contributed by atoms with Crippen molar-refractivity contribution in [2.24, 2.45) is 0 Å². The number of hydrogen-bond donors (Lipinski definition) is 2. The van der Waals surface area contributed by atoms with Crippen LogP contribution in [0.2, 0.25) is 5.02 Å². The number of hydrogen-bond acceptors (Lipinski definition) is 4. The summed E-state index contributed by atoms with van der Waals surface area (Å²) < 4.78 is 0. The Kier molecular flexibility index (Phi) is 3.59. The molecule has 0 unspecified atom stereocenters. The highest BCUT2D eigenvalue weighted by Gasteiger charge is 2.41. The van der Waals surface area contributed by atoms with Crippen LogP contribution in [-0.4, -0.2) is 33.5 Å². The number of Topliss-reactive ketones (excluding diaryl/α,β-unsaturated/α-hetero) is 1. The minimum Gasteiger partial charge on any atom is -0.503 e. The van der Waals surface area contributed by atoms with Crippen LogP contribution in [0.25, 0.3) is 0 Å². The second kappa shape index (κ2) is 5.03. The van der Waals surface area contributed by atoms with Crippen LogP contribution in [0.3, 0.4) is 0 Å². The second-order valence-corrected chi connectivity index (χ2v) is 4.63. The molecule has 0 radical (unpaired) electrons. The molecule has 1 atom stereocenters. The Balaban J connectivity index is 2.54. The van der Waals surface area contributed by atoms with E-state index in [1.807, 2.05) is 0 Å². The van der Waals surface area contributed by atoms with Gasteiger partial charge in [0.05, 0.1) is 11.6 Å². The maximum Gasteiger partial charge on any atom is 0.291 e. The van der Waals surface area contributed by atoms with Gasteiger partial charge in [-0.3, -0.25) is 9.59 Å². The van der Waals surface area contributed by atoms with Gasteiger partial charge in [0, 0.05) is 5.02 Å². The van der Waals surface area contributed by atoms with Crippen LogP contribution < -0.4 is 0 Å². The van der Waals surface area contributed by atoms with E-state index in [1.165, 1.54) is 6.92 Å². The van der Waals surface area contributed by atoms with E-state index in [-0.39, 0.29) is 5.57 Å². The highest BCUT2D eigenvalue weighted by Crippen LogP contribution is 2.37. The molecule has 0 saturated carbocycles. The van der Waals surface area contributed by atoms with Crippen LogP contribution in [0.15, 0.2) is 35.6 Å². The average Bonchev–Trinajstić information content (AvgIpc) is 2.63. The Morgan fingerprint density at radius 1 is 1.37 bits per heavy atom. The van der Waals surface area contributed by atoms with Crippen molar-refractivity contribution in [1.82, 2.24) is 4.90 Å². The summed E-state index contributed by atoms with van der Waals surface area (Å²) in [5.74, 6) is -1.78. The van der Waals surface area contributed by atoms with E-state index >= 15 is 0 Å². The van der Waals surface area contributed by atoms with Crippen LogP contribution in [0.4, 0.5) is 0 Å². The fourth-order valence-corrected chi connectivity index (χ4v) is 2.28. The first-order chi connectivity index (χ1) is 8.97. The number of ketones is 1. The quantitative estimate of drug-likeness (QED) is 0.882. The lowest BCUT2D eigenvalue weighted by Crippen LogP contribution is -2.31. The van der Waals surface area contributed by atoms with Gasteiger partial charge in [-0.1, -0.05) is 23.7 Å². The fourth-order valence-electron chi connectivity index (χ4n) is 2.15. The largest absolute Gasteiger partial charge is 0.503 e. The summed E-state index contributed by atoms with van der Waals surface area (Å²) in [4.78, 5) is 24.4. The average molecular weight is 282 g/mol. The third-order valence-electron chi connectivity index (χ3n) is 3.02. The number of nitrogens with zero attached hydrogens (tertiary/aromatic N) is 1. The third-order valence-corrected chi connectivity index (χ3v) is 3.27. The Bertz CT molecular complexity index is 565. The predicted molar refractivity (Wildman–Crippen MR) is 68.5 cm³/mol. The van der Waals surface area contributed by atoms with Gasteiger partial charge >= 0.3 is 0 Å². The zero-order valence-corrected chi connectivity index (χ0v) is 10.9. The van der Waals surface area contributed by atoms with Crippen molar-refractivity contribution >= 4 is 23.3 Å². The number of rotatable bonds is 3. The van der Waals surface area contributed by atoms with Gasteiger partial charge in [0.1, 0.15) is 6.73 Å². The van der Waals surface area contributed by atoms with Crippen LogP contribution in [0.1, 0.15) is 18.5 Å². The van der Waals surface area contributed by atoms with E-state index in [0.717, 1.165) is 4.90 Å². The molecule has 2 N–H and O–H groups in total. The first-order valence-corrected chi connectivity index (χ1v) is 5.96. The summed E-state index contributed by atoms with van der Waals surface area (Å²) >= 11 is 5.79. The Hall–Kier alpha value is -1.85. The molecule has 0 saturated heterocycles. The van der Waals surface area contributed by atoms with Crippen molar-refractivity contribution in [3.05, 3.63) is 46.2 Å². The van der Waals surface area contributed by atoms with E-state index in [1.54, 1.807) is 24.3 Å². The zero-order chi connectivity index (χ0) is 14.2. The number of aliphatic hydroxyl groups is 2. The Labute approximate surface area is 114 Å². The number of carbonyl (C=O) groups excluding carboxylic acids is 2. The number of amides is 1. The molecule has 0 aromatic heterocycles. The van der Waals surface area contributed by atoms with Crippen LogP contribution in [-0.2, 0) is 9.59 Å². The summed E-state index contributed by atoms with van der Waals surface area (Å²) in [5, 5.41) is 19.5. The first-order valence-electron chi connectivity index (χ1n) is 5.58. The highest BCUT2D eigenvalue weighted by molar-refractivity contribution is 6.30. The molecule has 2 rings (SSSR count). The molecular weight excluding hydrogens is 270 g/mol. The molecule has 0 aliphatic carbocycles. The van der Waals surface area contributed by atoms with Gasteiger partial charge in [0.25, 0.3) is 5.91 Å². The first kappa shape index (κ1) is 13.6. The summed E-state index contributed by atoms with van der Waals surface area (Å²) in [6.07, 6.45) is 0. The van der Waals surface area contributed by atoms with Crippen LogP contribution in [0, 0.1) is 0 Å². The normalized spacial score (nSPS) is 19.2. The minimum atomic E-state index is -0.785. The van der Waals surface area contributed by atoms with Crippen molar-refractivity contribution in [3.63, 3.8) is 0 Å². The lowest BCUT2D eigenvalue weighted by Gasteiger charge is -2.24. The molecule has 1 aliphatic rings. The topological polar surface area (TPSA) is 77.8 Å². The van der Waals surface area contributed by atoms with E-state index < -0.39 is 30.2 Å². The number of halogens is 1. The molecule has 1 heterocycles. The summed E-state index contributed by atoms with van der Waals surface area (Å²) in [7, 11) is 0. The molecule has 1 amide bonds. The van der Waals surface area contributed by atoms with Crippen molar-refractivity contribution < 1.29 is 19.8 Å². The molecule has 5 nitrogen and oxygen atoms in total. The monoisotopic (exact) mass is 281 g/mol. The Morgan fingerprint density at radius 3 is 2.42 bits per heavy atom. The number of aliphatic hydroxyl groups excluding tert-OH is 2. The standard InChI is InChI=1S/C13H12ClNO4/c1-7(17)10-11(8-2-4-9(14)5-3-8)15(6-16)13(19)12(10)18/h2-5,11,16,18H,6H2,1H3/t11-/m0/s1. The maximum atomic E-state index is 11.8. The van der Waals surface area contributed by atoms with E-state index in [2.05, 4.69) is 0 Å². The summed E-state index contributed by atoms with van der Waals surface area (Å²) in [5.41, 5.74) is 0.586. The van der Waals surface area contributed by atoms with Gasteiger partial charge in [-0.15, -0.1) is 0 Å². The molecule has 1 aliphatic heterocycles. The van der Waals surface area contributed by atoms with Crippen molar-refractivity contribution in [2.45, 2.75) is 13.0 Å². The van der Waals surface area contributed by atoms with Crippen LogP contribution >= 0.6 is 11.6 Å². The zero-order valence-electron chi connectivity index (χ0n) is 10.1. The summed E-state index contributed by atoms with van der Waals surface area (Å²) in [6.45, 7) is 0.676. The second-order valence-electron chi connectivity index (χ2n) is 4.19. The smallest absolute Gasteiger partial charge is 0.291 e. The summed E-state index contributed by atoms with van der Waals surface area (Å²) in [6, 6.07) is 5.73.